The van der Waals surface area contributed by atoms with Crippen molar-refractivity contribution in [2.45, 2.75) is 19.9 Å². The van der Waals surface area contributed by atoms with Gasteiger partial charge < -0.3 is 10.2 Å². The molecular weight excluding hydrogens is 260 g/mol. The molecule has 0 fully saturated rings. The van der Waals surface area contributed by atoms with Gasteiger partial charge in [-0.05, 0) is 18.1 Å². The lowest BCUT2D eigenvalue weighted by atomic mass is 10.1. The van der Waals surface area contributed by atoms with Gasteiger partial charge in [0.15, 0.2) is 0 Å². The molecule has 0 atom stereocenters. The zero-order valence-electron chi connectivity index (χ0n) is 11.4. The largest absolute Gasteiger partial charge is 0.370 e. The SMILES string of the molecule is CCS(=O)(=O)CCCN1CCNCc2ccccc21. The molecule has 2 rings (SSSR count). The van der Waals surface area contributed by atoms with E-state index in [2.05, 4.69) is 22.3 Å². The number of hydrogen-bond donors (Lipinski definition) is 1. The summed E-state index contributed by atoms with van der Waals surface area (Å²) >= 11 is 0. The summed E-state index contributed by atoms with van der Waals surface area (Å²) in [7, 11) is -2.85. The summed E-state index contributed by atoms with van der Waals surface area (Å²) in [5.41, 5.74) is 2.53. The summed E-state index contributed by atoms with van der Waals surface area (Å²) in [4.78, 5) is 2.29. The minimum Gasteiger partial charge on any atom is -0.370 e. The van der Waals surface area contributed by atoms with Crippen molar-refractivity contribution < 1.29 is 8.42 Å². The third-order valence-electron chi connectivity index (χ3n) is 3.53. The highest BCUT2D eigenvalue weighted by Crippen LogP contribution is 2.22. The summed E-state index contributed by atoms with van der Waals surface area (Å²) in [5.74, 6) is 0.529. The molecule has 0 bridgehead atoms. The van der Waals surface area contributed by atoms with E-state index in [4.69, 9.17) is 0 Å². The van der Waals surface area contributed by atoms with Crippen molar-refractivity contribution in [2.24, 2.45) is 0 Å². The van der Waals surface area contributed by atoms with Crippen LogP contribution in [0.5, 0.6) is 0 Å². The normalized spacial score (nSPS) is 15.9. The van der Waals surface area contributed by atoms with E-state index in [0.29, 0.717) is 6.42 Å². The van der Waals surface area contributed by atoms with Crippen molar-refractivity contribution in [3.8, 4) is 0 Å². The highest BCUT2D eigenvalue weighted by molar-refractivity contribution is 7.91. The standard InChI is InChI=1S/C14H22N2O2S/c1-2-19(17,18)11-5-9-16-10-8-15-12-13-6-3-4-7-14(13)16/h3-4,6-7,15H,2,5,8-12H2,1H3. The maximum Gasteiger partial charge on any atom is 0.150 e. The Morgan fingerprint density at radius 1 is 1.32 bits per heavy atom. The number of para-hydroxylation sites is 1. The summed E-state index contributed by atoms with van der Waals surface area (Å²) in [6.45, 7) is 5.27. The summed E-state index contributed by atoms with van der Waals surface area (Å²) in [5, 5.41) is 3.39. The van der Waals surface area contributed by atoms with Gasteiger partial charge >= 0.3 is 0 Å². The number of nitrogens with zero attached hydrogens (tertiary/aromatic N) is 1. The van der Waals surface area contributed by atoms with Crippen LogP contribution in [-0.4, -0.2) is 39.6 Å². The average molecular weight is 282 g/mol. The second-order valence-electron chi connectivity index (χ2n) is 4.88. The Balaban J connectivity index is 2.00. The van der Waals surface area contributed by atoms with Crippen molar-refractivity contribution in [3.63, 3.8) is 0 Å². The molecule has 0 spiro atoms. The Labute approximate surface area is 115 Å². The van der Waals surface area contributed by atoms with Crippen LogP contribution in [0.1, 0.15) is 18.9 Å². The molecular formula is C14H22N2O2S. The van der Waals surface area contributed by atoms with Crippen LogP contribution in [0.3, 0.4) is 0 Å². The van der Waals surface area contributed by atoms with Crippen molar-refractivity contribution in [1.29, 1.82) is 0 Å². The van der Waals surface area contributed by atoms with Gasteiger partial charge in [0.05, 0.1) is 5.75 Å². The van der Waals surface area contributed by atoms with Crippen LogP contribution in [0, 0.1) is 0 Å². The van der Waals surface area contributed by atoms with Crippen LogP contribution in [0.15, 0.2) is 24.3 Å². The number of nitrogens with one attached hydrogen (secondary N) is 1. The summed E-state index contributed by atoms with van der Waals surface area (Å²) < 4.78 is 23.0. The van der Waals surface area contributed by atoms with E-state index < -0.39 is 9.84 Å². The zero-order valence-corrected chi connectivity index (χ0v) is 12.2. The average Bonchev–Trinajstić information content (AvgIpc) is 2.61. The fourth-order valence-corrected chi connectivity index (χ4v) is 3.24. The number of hydrogen-bond acceptors (Lipinski definition) is 4. The van der Waals surface area contributed by atoms with E-state index in [-0.39, 0.29) is 11.5 Å². The smallest absolute Gasteiger partial charge is 0.150 e. The third kappa shape index (κ3) is 3.94. The minimum atomic E-state index is -2.85. The highest BCUT2D eigenvalue weighted by atomic mass is 32.2. The first kappa shape index (κ1) is 14.3. The van der Waals surface area contributed by atoms with Crippen molar-refractivity contribution in [3.05, 3.63) is 29.8 Å². The first-order valence-electron chi connectivity index (χ1n) is 6.86. The Morgan fingerprint density at radius 2 is 2.11 bits per heavy atom. The van der Waals surface area contributed by atoms with Gasteiger partial charge in [0.25, 0.3) is 0 Å². The minimum absolute atomic E-state index is 0.241. The van der Waals surface area contributed by atoms with Crippen LogP contribution in [0.25, 0.3) is 0 Å². The first-order chi connectivity index (χ1) is 9.12. The van der Waals surface area contributed by atoms with Gasteiger partial charge in [0.1, 0.15) is 9.84 Å². The number of anilines is 1. The number of rotatable bonds is 5. The molecule has 19 heavy (non-hydrogen) atoms. The fraction of sp³-hybridized carbons (Fsp3) is 0.571. The lowest BCUT2D eigenvalue weighted by molar-refractivity contribution is 0.593. The van der Waals surface area contributed by atoms with E-state index in [9.17, 15) is 8.42 Å². The van der Waals surface area contributed by atoms with E-state index in [1.807, 2.05) is 12.1 Å². The number of fused-ring (bicyclic) bond motifs is 1. The molecule has 5 heteroatoms. The Morgan fingerprint density at radius 3 is 2.89 bits per heavy atom. The molecule has 106 valence electrons. The lowest BCUT2D eigenvalue weighted by Gasteiger charge is -2.24. The third-order valence-corrected chi connectivity index (χ3v) is 5.32. The monoisotopic (exact) mass is 282 g/mol. The Hall–Kier alpha value is -1.07. The van der Waals surface area contributed by atoms with Crippen molar-refractivity contribution in [1.82, 2.24) is 5.32 Å². The molecule has 0 saturated carbocycles. The van der Waals surface area contributed by atoms with Gasteiger partial charge in [-0.1, -0.05) is 25.1 Å². The molecule has 1 heterocycles. The molecule has 1 aromatic rings. The maximum absolute atomic E-state index is 11.5. The van der Waals surface area contributed by atoms with E-state index >= 15 is 0 Å². The van der Waals surface area contributed by atoms with Crippen LogP contribution in [0.2, 0.25) is 0 Å². The molecule has 0 radical (unpaired) electrons. The first-order valence-corrected chi connectivity index (χ1v) is 8.68. The molecule has 0 aromatic heterocycles. The zero-order chi connectivity index (χ0) is 13.7. The molecule has 0 unspecified atom stereocenters. The summed E-state index contributed by atoms with van der Waals surface area (Å²) in [6, 6.07) is 8.34. The van der Waals surface area contributed by atoms with E-state index in [0.717, 1.165) is 26.2 Å². The molecule has 1 N–H and O–H groups in total. The van der Waals surface area contributed by atoms with Gasteiger partial charge in [-0.3, -0.25) is 0 Å². The van der Waals surface area contributed by atoms with Crippen LogP contribution >= 0.6 is 0 Å². The van der Waals surface area contributed by atoms with Gasteiger partial charge in [-0.2, -0.15) is 0 Å². The molecule has 0 aliphatic carbocycles. The molecule has 0 saturated heterocycles. The second kappa shape index (κ2) is 6.39. The van der Waals surface area contributed by atoms with E-state index in [1.54, 1.807) is 6.92 Å². The maximum atomic E-state index is 11.5. The van der Waals surface area contributed by atoms with Crippen molar-refractivity contribution >= 4 is 15.5 Å². The van der Waals surface area contributed by atoms with Gasteiger partial charge in [-0.15, -0.1) is 0 Å². The molecule has 1 aliphatic heterocycles. The lowest BCUT2D eigenvalue weighted by Crippen LogP contribution is -2.30. The fourth-order valence-electron chi connectivity index (χ4n) is 2.38. The van der Waals surface area contributed by atoms with Gasteiger partial charge in [0, 0.05) is 37.6 Å². The predicted molar refractivity (Wildman–Crippen MR) is 79.3 cm³/mol. The number of benzene rings is 1. The van der Waals surface area contributed by atoms with Gasteiger partial charge in [0.2, 0.25) is 0 Å². The van der Waals surface area contributed by atoms with Crippen LogP contribution in [0.4, 0.5) is 5.69 Å². The quantitative estimate of drug-likeness (QED) is 0.887. The second-order valence-corrected chi connectivity index (χ2v) is 7.36. The molecule has 1 aliphatic rings. The molecule has 0 amide bonds. The topological polar surface area (TPSA) is 49.4 Å². The molecule has 1 aromatic carbocycles. The predicted octanol–water partition coefficient (Wildman–Crippen LogP) is 1.42. The van der Waals surface area contributed by atoms with Gasteiger partial charge in [-0.25, -0.2) is 8.42 Å². The summed E-state index contributed by atoms with van der Waals surface area (Å²) in [6.07, 6.45) is 0.699. The number of sulfone groups is 1. The highest BCUT2D eigenvalue weighted by Gasteiger charge is 2.15. The van der Waals surface area contributed by atoms with Crippen molar-refractivity contribution in [2.75, 3.05) is 36.0 Å². The van der Waals surface area contributed by atoms with Crippen LogP contribution < -0.4 is 10.2 Å². The Bertz CT molecular complexity index is 514. The van der Waals surface area contributed by atoms with Crippen LogP contribution in [-0.2, 0) is 16.4 Å². The molecule has 4 nitrogen and oxygen atoms in total. The van der Waals surface area contributed by atoms with E-state index in [1.165, 1.54) is 11.3 Å². The Kier molecular flexibility index (Phi) is 4.82.